The Morgan fingerprint density at radius 3 is 2.62 bits per heavy atom. The van der Waals surface area contributed by atoms with Crippen LogP contribution in [0.5, 0.6) is 0 Å². The first-order chi connectivity index (χ1) is 12.4. The van der Waals surface area contributed by atoms with Crippen molar-refractivity contribution in [1.29, 1.82) is 0 Å². The van der Waals surface area contributed by atoms with E-state index >= 15 is 0 Å². The predicted octanol–water partition coefficient (Wildman–Crippen LogP) is 3.33. The van der Waals surface area contributed by atoms with Crippen molar-refractivity contribution in [2.75, 3.05) is 13.1 Å². The highest BCUT2D eigenvalue weighted by molar-refractivity contribution is 7.89. The molecule has 8 heteroatoms. The molecule has 26 heavy (non-hydrogen) atoms. The zero-order chi connectivity index (χ0) is 18.7. The van der Waals surface area contributed by atoms with Crippen LogP contribution in [0.1, 0.15) is 44.9 Å². The summed E-state index contributed by atoms with van der Waals surface area (Å²) in [6.45, 7) is 0.469. The Balaban J connectivity index is 1.69. The maximum Gasteiger partial charge on any atom is 0.246 e. The van der Waals surface area contributed by atoms with Crippen molar-refractivity contribution in [3.8, 4) is 0 Å². The highest BCUT2D eigenvalue weighted by atomic mass is 35.5. The van der Waals surface area contributed by atoms with E-state index < -0.39 is 20.7 Å². The summed E-state index contributed by atoms with van der Waals surface area (Å²) >= 11 is 5.73. The molecule has 1 aliphatic carbocycles. The van der Waals surface area contributed by atoms with Gasteiger partial charge in [-0.05, 0) is 37.8 Å². The summed E-state index contributed by atoms with van der Waals surface area (Å²) in [5.74, 6) is -0.883. The molecule has 1 saturated heterocycles. The monoisotopic (exact) mass is 402 g/mol. The zero-order valence-corrected chi connectivity index (χ0v) is 16.2. The number of hydrogen-bond donors (Lipinski definition) is 1. The molecule has 2 fully saturated rings. The van der Waals surface area contributed by atoms with Crippen molar-refractivity contribution in [3.05, 3.63) is 29.0 Å². The van der Waals surface area contributed by atoms with E-state index in [1.807, 2.05) is 0 Å². The van der Waals surface area contributed by atoms with Crippen molar-refractivity contribution in [3.63, 3.8) is 0 Å². The second-order valence-electron chi connectivity index (χ2n) is 7.10. The van der Waals surface area contributed by atoms with Crippen LogP contribution in [0.15, 0.2) is 23.1 Å². The summed E-state index contributed by atoms with van der Waals surface area (Å²) in [6.07, 6.45) is 6.45. The van der Waals surface area contributed by atoms with Crippen LogP contribution in [-0.4, -0.2) is 37.8 Å². The maximum atomic E-state index is 14.2. The fraction of sp³-hybridized carbons (Fsp3) is 0.611. The number of nitrogens with one attached hydrogen (secondary N) is 1. The van der Waals surface area contributed by atoms with Gasteiger partial charge in [0.25, 0.3) is 0 Å². The number of hydrogen-bond acceptors (Lipinski definition) is 3. The molecular weight excluding hydrogens is 379 g/mol. The Kier molecular flexibility index (Phi) is 6.20. The van der Waals surface area contributed by atoms with Crippen LogP contribution in [0, 0.1) is 11.7 Å². The van der Waals surface area contributed by atoms with Gasteiger partial charge < -0.3 is 5.32 Å². The molecule has 1 heterocycles. The van der Waals surface area contributed by atoms with Gasteiger partial charge >= 0.3 is 0 Å². The van der Waals surface area contributed by atoms with Gasteiger partial charge in [0.05, 0.1) is 5.02 Å². The van der Waals surface area contributed by atoms with Crippen molar-refractivity contribution < 1.29 is 17.6 Å². The summed E-state index contributed by atoms with van der Waals surface area (Å²) < 4.78 is 41.1. The van der Waals surface area contributed by atoms with Crippen molar-refractivity contribution in [2.45, 2.75) is 55.9 Å². The van der Waals surface area contributed by atoms with E-state index in [4.69, 9.17) is 11.6 Å². The number of carbonyl (C=O) groups excluding carboxylic acids is 1. The summed E-state index contributed by atoms with van der Waals surface area (Å²) in [7, 11) is -3.99. The number of benzene rings is 1. The summed E-state index contributed by atoms with van der Waals surface area (Å²) in [5, 5.41) is 2.79. The summed E-state index contributed by atoms with van der Waals surface area (Å²) in [4.78, 5) is 12.0. The van der Waals surface area contributed by atoms with Crippen LogP contribution in [0.3, 0.4) is 0 Å². The van der Waals surface area contributed by atoms with Crippen molar-refractivity contribution >= 4 is 27.5 Å². The minimum absolute atomic E-state index is 0.0166. The molecule has 1 unspecified atom stereocenters. The molecule has 1 aliphatic heterocycles. The Hall–Kier alpha value is -1.18. The number of sulfonamides is 1. The van der Waals surface area contributed by atoms with Gasteiger partial charge in [0.15, 0.2) is 5.82 Å². The minimum Gasteiger partial charge on any atom is -0.352 e. The van der Waals surface area contributed by atoms with Gasteiger partial charge in [-0.1, -0.05) is 36.9 Å². The van der Waals surface area contributed by atoms with E-state index in [2.05, 4.69) is 5.32 Å². The van der Waals surface area contributed by atoms with E-state index in [0.717, 1.165) is 32.1 Å². The first kappa shape index (κ1) is 19.6. The molecule has 1 amide bonds. The molecule has 1 aromatic carbocycles. The molecule has 0 spiro atoms. The molecule has 3 rings (SSSR count). The van der Waals surface area contributed by atoms with Crippen molar-refractivity contribution in [1.82, 2.24) is 9.62 Å². The predicted molar refractivity (Wildman–Crippen MR) is 97.9 cm³/mol. The fourth-order valence-electron chi connectivity index (χ4n) is 3.78. The smallest absolute Gasteiger partial charge is 0.246 e. The average molecular weight is 403 g/mol. The lowest BCUT2D eigenvalue weighted by Gasteiger charge is -2.33. The number of carbonyl (C=O) groups is 1. The van der Waals surface area contributed by atoms with Crippen LogP contribution in [0.2, 0.25) is 5.02 Å². The van der Waals surface area contributed by atoms with E-state index in [-0.39, 0.29) is 29.4 Å². The zero-order valence-electron chi connectivity index (χ0n) is 14.6. The van der Waals surface area contributed by atoms with Crippen molar-refractivity contribution in [2.24, 2.45) is 5.92 Å². The van der Waals surface area contributed by atoms with Crippen LogP contribution < -0.4 is 5.32 Å². The van der Waals surface area contributed by atoms with Crippen LogP contribution >= 0.6 is 11.6 Å². The van der Waals surface area contributed by atoms with Gasteiger partial charge in [0.2, 0.25) is 15.9 Å². The third kappa shape index (κ3) is 4.21. The third-order valence-electron chi connectivity index (χ3n) is 5.24. The third-order valence-corrected chi connectivity index (χ3v) is 7.41. The first-order valence-electron chi connectivity index (χ1n) is 9.14. The standard InChI is InChI=1S/C18H24ClFN2O3S/c19-15-9-4-10-16(17(15)20)26(24,25)22-11-5-8-14(12-22)21-18(23)13-6-2-1-3-7-13/h4,9-10,13-14H,1-3,5-8,11-12H2,(H,21,23). The molecule has 0 aromatic heterocycles. The summed E-state index contributed by atoms with van der Waals surface area (Å²) in [5.41, 5.74) is 0. The second kappa shape index (κ2) is 8.23. The van der Waals surface area contributed by atoms with E-state index in [0.29, 0.717) is 13.0 Å². The largest absolute Gasteiger partial charge is 0.352 e. The summed E-state index contributed by atoms with van der Waals surface area (Å²) in [6, 6.07) is 3.72. The lowest BCUT2D eigenvalue weighted by molar-refractivity contribution is -0.126. The SMILES string of the molecule is O=C(NC1CCCN(S(=O)(=O)c2cccc(Cl)c2F)C1)C1CCCCC1. The molecule has 1 atom stereocenters. The highest BCUT2D eigenvalue weighted by Crippen LogP contribution is 2.28. The molecule has 0 bridgehead atoms. The van der Waals surface area contributed by atoms with Gasteiger partial charge in [-0.25, -0.2) is 12.8 Å². The van der Waals surface area contributed by atoms with Gasteiger partial charge in [0, 0.05) is 25.0 Å². The van der Waals surface area contributed by atoms with Crippen LogP contribution in [0.25, 0.3) is 0 Å². The molecule has 0 radical (unpaired) electrons. The normalized spacial score (nSPS) is 22.9. The van der Waals surface area contributed by atoms with Gasteiger partial charge in [-0.2, -0.15) is 4.31 Å². The van der Waals surface area contributed by atoms with E-state index in [9.17, 15) is 17.6 Å². The molecule has 2 aliphatic rings. The fourth-order valence-corrected chi connectivity index (χ4v) is 5.63. The quantitative estimate of drug-likeness (QED) is 0.840. The molecule has 5 nitrogen and oxygen atoms in total. The first-order valence-corrected chi connectivity index (χ1v) is 11.0. The minimum atomic E-state index is -3.99. The average Bonchev–Trinajstić information content (AvgIpc) is 2.65. The topological polar surface area (TPSA) is 66.5 Å². The molecular formula is C18H24ClFN2O3S. The van der Waals surface area contributed by atoms with E-state index in [1.54, 1.807) is 0 Å². The Labute approximate surface area is 158 Å². The second-order valence-corrected chi connectivity index (χ2v) is 9.41. The van der Waals surface area contributed by atoms with Crippen LogP contribution in [0.4, 0.5) is 4.39 Å². The number of halogens is 2. The highest BCUT2D eigenvalue weighted by Gasteiger charge is 2.34. The van der Waals surface area contributed by atoms with Gasteiger partial charge in [0.1, 0.15) is 4.90 Å². The molecule has 1 aromatic rings. The number of rotatable bonds is 4. The lowest BCUT2D eigenvalue weighted by Crippen LogP contribution is -2.50. The Bertz CT molecular complexity index is 766. The van der Waals surface area contributed by atoms with E-state index in [1.165, 1.54) is 28.9 Å². The molecule has 1 saturated carbocycles. The maximum absolute atomic E-state index is 14.2. The Morgan fingerprint density at radius 1 is 1.15 bits per heavy atom. The van der Waals surface area contributed by atoms with Crippen LogP contribution in [-0.2, 0) is 14.8 Å². The number of amides is 1. The number of nitrogens with zero attached hydrogens (tertiary/aromatic N) is 1. The number of piperidine rings is 1. The Morgan fingerprint density at radius 2 is 1.88 bits per heavy atom. The lowest BCUT2D eigenvalue weighted by atomic mass is 9.88. The van der Waals surface area contributed by atoms with Gasteiger partial charge in [-0.3, -0.25) is 4.79 Å². The molecule has 1 N–H and O–H groups in total. The van der Waals surface area contributed by atoms with Gasteiger partial charge in [-0.15, -0.1) is 0 Å². The molecule has 144 valence electrons.